The monoisotopic (exact) mass is 449 g/mol. The van der Waals surface area contributed by atoms with Crippen molar-refractivity contribution in [1.29, 1.82) is 0 Å². The minimum absolute atomic E-state index is 0.500. The summed E-state index contributed by atoms with van der Waals surface area (Å²) in [4.78, 5) is 6.88. The highest BCUT2D eigenvalue weighted by Crippen LogP contribution is 2.45. The molecule has 0 atom stereocenters. The first kappa shape index (κ1) is 20.1. The van der Waals surface area contributed by atoms with Crippen molar-refractivity contribution >= 4 is 28.2 Å². The molecule has 0 radical (unpaired) electrons. The Labute approximate surface area is 198 Å². The second kappa shape index (κ2) is 8.09. The van der Waals surface area contributed by atoms with Crippen molar-refractivity contribution in [2.75, 3.05) is 18.0 Å². The number of nitrogens with zero attached hydrogens (tertiary/aromatic N) is 3. The van der Waals surface area contributed by atoms with E-state index in [9.17, 15) is 0 Å². The smallest absolute Gasteiger partial charge is 0.131 e. The molecule has 0 bridgehead atoms. The molecule has 1 fully saturated rings. The maximum atomic E-state index is 6.48. The van der Waals surface area contributed by atoms with Crippen LogP contribution < -0.4 is 4.90 Å². The van der Waals surface area contributed by atoms with E-state index in [4.69, 9.17) is 11.6 Å². The second-order valence-corrected chi connectivity index (χ2v) is 8.94. The van der Waals surface area contributed by atoms with Gasteiger partial charge in [0.2, 0.25) is 0 Å². The Morgan fingerprint density at radius 3 is 1.70 bits per heavy atom. The standard InChI is InChI=1S/C29H24ClN3/c30-28-19-26-25(20-31-28)27(32-17-10-18-32)21-33(26)29(22-11-4-1-5-12-22,23-13-6-2-7-14-23)24-15-8-3-9-16-24/h1-9,11-16,19-21H,10,17-18H2. The Morgan fingerprint density at radius 1 is 0.727 bits per heavy atom. The van der Waals surface area contributed by atoms with E-state index in [1.807, 2.05) is 12.3 Å². The Bertz CT molecular complexity index is 1290. The number of hydrogen-bond acceptors (Lipinski definition) is 2. The molecule has 33 heavy (non-hydrogen) atoms. The van der Waals surface area contributed by atoms with Gasteiger partial charge in [0.25, 0.3) is 0 Å². The maximum absolute atomic E-state index is 6.48. The molecule has 5 aromatic rings. The van der Waals surface area contributed by atoms with Gasteiger partial charge >= 0.3 is 0 Å². The van der Waals surface area contributed by atoms with Crippen LogP contribution in [0.3, 0.4) is 0 Å². The van der Waals surface area contributed by atoms with Crippen molar-refractivity contribution in [3.8, 4) is 0 Å². The van der Waals surface area contributed by atoms with Crippen molar-refractivity contribution in [1.82, 2.24) is 9.55 Å². The van der Waals surface area contributed by atoms with E-state index >= 15 is 0 Å². The van der Waals surface area contributed by atoms with E-state index in [2.05, 4.69) is 112 Å². The van der Waals surface area contributed by atoms with E-state index in [0.29, 0.717) is 5.15 Å². The van der Waals surface area contributed by atoms with Gasteiger partial charge in [-0.1, -0.05) is 103 Å². The molecule has 1 aliphatic heterocycles. The van der Waals surface area contributed by atoms with E-state index in [0.717, 1.165) is 24.0 Å². The number of pyridine rings is 1. The van der Waals surface area contributed by atoms with Gasteiger partial charge in [0.05, 0.1) is 11.2 Å². The van der Waals surface area contributed by atoms with Crippen LogP contribution in [0.4, 0.5) is 5.69 Å². The predicted octanol–water partition coefficient (Wildman–Crippen LogP) is 6.74. The van der Waals surface area contributed by atoms with Crippen molar-refractivity contribution in [2.24, 2.45) is 0 Å². The first-order valence-electron chi connectivity index (χ1n) is 11.4. The zero-order chi connectivity index (χ0) is 22.3. The van der Waals surface area contributed by atoms with E-state index in [1.54, 1.807) is 0 Å². The fourth-order valence-corrected chi connectivity index (χ4v) is 5.27. The van der Waals surface area contributed by atoms with E-state index in [-0.39, 0.29) is 0 Å². The van der Waals surface area contributed by atoms with E-state index < -0.39 is 5.54 Å². The van der Waals surface area contributed by atoms with Crippen molar-refractivity contribution < 1.29 is 0 Å². The SMILES string of the molecule is Clc1cc2c(cn1)c(N1CCC1)cn2C(c1ccccc1)(c1ccccc1)c1ccccc1. The Kier molecular flexibility index (Phi) is 4.92. The van der Waals surface area contributed by atoms with Crippen LogP contribution in [0, 0.1) is 0 Å². The lowest BCUT2D eigenvalue weighted by Crippen LogP contribution is -2.38. The van der Waals surface area contributed by atoms with Crippen LogP contribution in [0.25, 0.3) is 10.9 Å². The summed E-state index contributed by atoms with van der Waals surface area (Å²) in [5, 5.41) is 1.63. The molecule has 0 spiro atoms. The third-order valence-electron chi connectivity index (χ3n) is 6.77. The van der Waals surface area contributed by atoms with Gasteiger partial charge in [0, 0.05) is 30.9 Å². The number of benzene rings is 3. The lowest BCUT2D eigenvalue weighted by Gasteiger charge is -2.38. The summed E-state index contributed by atoms with van der Waals surface area (Å²) in [7, 11) is 0. The minimum Gasteiger partial charge on any atom is -0.370 e. The largest absolute Gasteiger partial charge is 0.370 e. The highest BCUT2D eigenvalue weighted by Gasteiger charge is 2.40. The van der Waals surface area contributed by atoms with Gasteiger partial charge in [0.1, 0.15) is 10.7 Å². The number of aromatic nitrogens is 2. The Hall–Kier alpha value is -3.56. The van der Waals surface area contributed by atoms with Crippen molar-refractivity contribution in [3.05, 3.63) is 131 Å². The summed E-state index contributed by atoms with van der Waals surface area (Å²) >= 11 is 6.48. The topological polar surface area (TPSA) is 21.1 Å². The molecule has 6 rings (SSSR count). The molecule has 0 N–H and O–H groups in total. The average molecular weight is 450 g/mol. The van der Waals surface area contributed by atoms with Crippen LogP contribution >= 0.6 is 11.6 Å². The fourth-order valence-electron chi connectivity index (χ4n) is 5.12. The van der Waals surface area contributed by atoms with Gasteiger partial charge in [0.15, 0.2) is 0 Å². The van der Waals surface area contributed by atoms with Gasteiger partial charge < -0.3 is 9.47 Å². The minimum atomic E-state index is -0.574. The van der Waals surface area contributed by atoms with Gasteiger partial charge in [-0.25, -0.2) is 4.98 Å². The Balaban J connectivity index is 1.78. The quantitative estimate of drug-likeness (QED) is 0.219. The summed E-state index contributed by atoms with van der Waals surface area (Å²) in [5.41, 5.74) is 5.31. The molecule has 3 heterocycles. The third-order valence-corrected chi connectivity index (χ3v) is 6.98. The zero-order valence-corrected chi connectivity index (χ0v) is 19.0. The van der Waals surface area contributed by atoms with Crippen LogP contribution in [0.1, 0.15) is 23.1 Å². The lowest BCUT2D eigenvalue weighted by atomic mass is 9.76. The van der Waals surface area contributed by atoms with E-state index in [1.165, 1.54) is 28.8 Å². The first-order chi connectivity index (χ1) is 16.3. The molecule has 0 saturated carbocycles. The molecular formula is C29H24ClN3. The molecule has 3 nitrogen and oxygen atoms in total. The number of rotatable bonds is 5. The molecule has 2 aromatic heterocycles. The molecule has 3 aromatic carbocycles. The summed E-state index contributed by atoms with van der Waals surface area (Å²) in [6.45, 7) is 2.13. The van der Waals surface area contributed by atoms with Gasteiger partial charge in [-0.3, -0.25) is 0 Å². The number of hydrogen-bond donors (Lipinski definition) is 0. The van der Waals surface area contributed by atoms with Crippen LogP contribution in [0.15, 0.2) is 109 Å². The molecule has 0 unspecified atom stereocenters. The molecular weight excluding hydrogens is 426 g/mol. The molecule has 1 saturated heterocycles. The van der Waals surface area contributed by atoms with Gasteiger partial charge in [-0.2, -0.15) is 0 Å². The van der Waals surface area contributed by atoms with Crippen molar-refractivity contribution in [3.63, 3.8) is 0 Å². The molecule has 162 valence electrons. The number of anilines is 1. The Morgan fingerprint density at radius 2 is 1.24 bits per heavy atom. The summed E-state index contributed by atoms with van der Waals surface area (Å²) < 4.78 is 2.41. The second-order valence-electron chi connectivity index (χ2n) is 8.56. The van der Waals surface area contributed by atoms with Crippen LogP contribution in [-0.4, -0.2) is 22.6 Å². The van der Waals surface area contributed by atoms with Crippen LogP contribution in [0.2, 0.25) is 5.15 Å². The highest BCUT2D eigenvalue weighted by molar-refractivity contribution is 6.30. The zero-order valence-electron chi connectivity index (χ0n) is 18.2. The molecule has 1 aliphatic rings. The lowest BCUT2D eigenvalue weighted by molar-refractivity contribution is 0.531. The van der Waals surface area contributed by atoms with Crippen molar-refractivity contribution in [2.45, 2.75) is 12.0 Å². The highest BCUT2D eigenvalue weighted by atomic mass is 35.5. The molecule has 0 amide bonds. The molecule has 4 heteroatoms. The normalized spacial score (nSPS) is 13.8. The third kappa shape index (κ3) is 3.15. The number of halogens is 1. The summed E-state index contributed by atoms with van der Waals surface area (Å²) in [6.07, 6.45) is 5.44. The van der Waals surface area contributed by atoms with Gasteiger partial charge in [-0.05, 0) is 29.2 Å². The first-order valence-corrected chi connectivity index (χ1v) is 11.7. The van der Waals surface area contributed by atoms with Gasteiger partial charge in [-0.15, -0.1) is 0 Å². The fraction of sp³-hybridized carbons (Fsp3) is 0.138. The van der Waals surface area contributed by atoms with Crippen LogP contribution in [0.5, 0.6) is 0 Å². The summed E-state index contributed by atoms with van der Waals surface area (Å²) in [6, 6.07) is 34.3. The summed E-state index contributed by atoms with van der Waals surface area (Å²) in [5.74, 6) is 0. The van der Waals surface area contributed by atoms with Crippen LogP contribution in [-0.2, 0) is 5.54 Å². The average Bonchev–Trinajstić information content (AvgIpc) is 3.19. The molecule has 0 aliphatic carbocycles. The number of fused-ring (bicyclic) bond motifs is 1. The predicted molar refractivity (Wildman–Crippen MR) is 136 cm³/mol. The maximum Gasteiger partial charge on any atom is 0.131 e.